The van der Waals surface area contributed by atoms with E-state index in [1.54, 1.807) is 29.3 Å². The topological polar surface area (TPSA) is 61.1 Å². The van der Waals surface area contributed by atoms with Crippen molar-refractivity contribution in [2.75, 3.05) is 0 Å². The van der Waals surface area contributed by atoms with Crippen LogP contribution < -0.4 is 9.35 Å². The average molecular weight is 263 g/mol. The average Bonchev–Trinajstić information content (AvgIpc) is 2.82. The predicted octanol–water partition coefficient (Wildman–Crippen LogP) is 1.33. The van der Waals surface area contributed by atoms with Crippen molar-refractivity contribution in [2.45, 2.75) is 45.4 Å². The molecule has 6 heteroatoms. The smallest absolute Gasteiger partial charge is 0.272 e. The standard InChI is InChI=1S/C13H19N4O2/c1-2-3-4-5-6-7-13(18)19-17-15-11-12-10-14-8-9-16(12)17/h8-11H,2-7H2,1H3/q+1. The lowest BCUT2D eigenvalue weighted by Crippen LogP contribution is -2.40. The monoisotopic (exact) mass is 263 g/mol. The molecule has 0 aliphatic heterocycles. The Bertz CT molecular complexity index is 538. The van der Waals surface area contributed by atoms with Crippen molar-refractivity contribution >= 4 is 11.5 Å². The van der Waals surface area contributed by atoms with Crippen molar-refractivity contribution in [3.8, 4) is 0 Å². The maximum Gasteiger partial charge on any atom is 0.340 e. The molecule has 19 heavy (non-hydrogen) atoms. The fraction of sp³-hybridized carbons (Fsp3) is 0.538. The van der Waals surface area contributed by atoms with Crippen molar-refractivity contribution in [1.82, 2.24) is 15.0 Å². The Morgan fingerprint density at radius 2 is 2.16 bits per heavy atom. The van der Waals surface area contributed by atoms with Crippen LogP contribution in [0.2, 0.25) is 0 Å². The van der Waals surface area contributed by atoms with Gasteiger partial charge in [0.2, 0.25) is 11.7 Å². The van der Waals surface area contributed by atoms with Crippen LogP contribution >= 0.6 is 0 Å². The first-order valence-corrected chi connectivity index (χ1v) is 6.72. The van der Waals surface area contributed by atoms with Crippen molar-refractivity contribution in [2.24, 2.45) is 0 Å². The Hall–Kier alpha value is -1.98. The maximum atomic E-state index is 11.7. The van der Waals surface area contributed by atoms with Crippen LogP contribution in [0.5, 0.6) is 0 Å². The van der Waals surface area contributed by atoms with Gasteiger partial charge in [-0.3, -0.25) is 9.82 Å². The van der Waals surface area contributed by atoms with Gasteiger partial charge in [-0.05, 0) is 6.42 Å². The van der Waals surface area contributed by atoms with Gasteiger partial charge in [-0.2, -0.15) is 0 Å². The number of nitrogens with zero attached hydrogens (tertiary/aromatic N) is 4. The van der Waals surface area contributed by atoms with E-state index in [4.69, 9.17) is 4.84 Å². The Labute approximate surface area is 112 Å². The maximum absolute atomic E-state index is 11.7. The van der Waals surface area contributed by atoms with Crippen molar-refractivity contribution < 1.29 is 14.1 Å². The van der Waals surface area contributed by atoms with Crippen LogP contribution in [0.15, 0.2) is 24.8 Å². The molecule has 0 aliphatic rings. The van der Waals surface area contributed by atoms with Crippen molar-refractivity contribution in [3.63, 3.8) is 0 Å². The van der Waals surface area contributed by atoms with Crippen molar-refractivity contribution in [3.05, 3.63) is 24.8 Å². The summed E-state index contributed by atoms with van der Waals surface area (Å²) in [5.41, 5.74) is 0.776. The molecule has 0 amide bonds. The molecule has 0 bridgehead atoms. The van der Waals surface area contributed by atoms with Crippen molar-refractivity contribution in [1.29, 1.82) is 0 Å². The number of carbonyl (C=O) groups excluding carboxylic acids is 1. The molecule has 0 atom stereocenters. The summed E-state index contributed by atoms with van der Waals surface area (Å²) >= 11 is 0. The van der Waals surface area contributed by atoms with E-state index < -0.39 is 0 Å². The van der Waals surface area contributed by atoms with Crippen LogP contribution in [0, 0.1) is 0 Å². The molecule has 2 rings (SSSR count). The molecule has 0 aromatic carbocycles. The minimum Gasteiger partial charge on any atom is -0.272 e. The second kappa shape index (κ2) is 6.82. The Balaban J connectivity index is 1.82. The number of rotatable bonds is 7. The van der Waals surface area contributed by atoms with E-state index in [2.05, 4.69) is 17.0 Å². The number of hydrogen-bond donors (Lipinski definition) is 0. The summed E-state index contributed by atoms with van der Waals surface area (Å²) in [5.74, 6) is -0.259. The molecule has 102 valence electrons. The number of fused-ring (bicyclic) bond motifs is 1. The van der Waals surface area contributed by atoms with E-state index in [0.29, 0.717) is 6.42 Å². The number of unbranched alkanes of at least 4 members (excludes halogenated alkanes) is 4. The third kappa shape index (κ3) is 3.74. The van der Waals surface area contributed by atoms with Gasteiger partial charge in [0.15, 0.2) is 4.96 Å². The molecule has 0 unspecified atom stereocenters. The van der Waals surface area contributed by atoms with Gasteiger partial charge in [0, 0.05) is 6.42 Å². The highest BCUT2D eigenvalue weighted by Gasteiger charge is 2.14. The zero-order chi connectivity index (χ0) is 13.5. The summed E-state index contributed by atoms with van der Waals surface area (Å²) in [6, 6.07) is 0. The SMILES string of the molecule is CCCCCCCC(=O)On1ncc2cncc[n+]21. The number of aromatic nitrogens is 4. The molecule has 0 radical (unpaired) electrons. The van der Waals surface area contributed by atoms with Crippen LogP contribution in [0.3, 0.4) is 0 Å². The summed E-state index contributed by atoms with van der Waals surface area (Å²) in [7, 11) is 0. The second-order valence-electron chi connectivity index (χ2n) is 4.47. The van der Waals surface area contributed by atoms with E-state index in [1.807, 2.05) is 0 Å². The fourth-order valence-electron chi connectivity index (χ4n) is 1.86. The summed E-state index contributed by atoms with van der Waals surface area (Å²) in [6.45, 7) is 2.17. The molecular weight excluding hydrogens is 244 g/mol. The quantitative estimate of drug-likeness (QED) is 0.558. The second-order valence-corrected chi connectivity index (χ2v) is 4.47. The highest BCUT2D eigenvalue weighted by atomic mass is 16.7. The van der Waals surface area contributed by atoms with E-state index in [-0.39, 0.29) is 5.97 Å². The molecule has 6 nitrogen and oxygen atoms in total. The first kappa shape index (κ1) is 13.5. The zero-order valence-electron chi connectivity index (χ0n) is 11.2. The van der Waals surface area contributed by atoms with Gasteiger partial charge < -0.3 is 0 Å². The third-order valence-corrected chi connectivity index (χ3v) is 2.91. The first-order valence-electron chi connectivity index (χ1n) is 6.72. The largest absolute Gasteiger partial charge is 0.340 e. The molecule has 0 spiro atoms. The minimum absolute atomic E-state index is 0.259. The van der Waals surface area contributed by atoms with Gasteiger partial charge in [-0.1, -0.05) is 37.1 Å². The highest BCUT2D eigenvalue weighted by Crippen LogP contribution is 2.04. The molecule has 0 saturated carbocycles. The van der Waals surface area contributed by atoms with Crippen LogP contribution in [0.4, 0.5) is 0 Å². The lowest BCUT2D eigenvalue weighted by molar-refractivity contribution is -0.648. The Morgan fingerprint density at radius 3 is 3.00 bits per heavy atom. The van der Waals surface area contributed by atoms with Crippen LogP contribution in [0.25, 0.3) is 5.52 Å². The van der Waals surface area contributed by atoms with Crippen LogP contribution in [0.1, 0.15) is 45.4 Å². The van der Waals surface area contributed by atoms with Gasteiger partial charge in [-0.25, -0.2) is 4.79 Å². The molecule has 2 aromatic heterocycles. The van der Waals surface area contributed by atoms with E-state index >= 15 is 0 Å². The molecule has 2 aromatic rings. The van der Waals surface area contributed by atoms with Crippen LogP contribution in [-0.2, 0) is 4.79 Å². The summed E-state index contributed by atoms with van der Waals surface area (Å²) in [5, 5.41) is 3.99. The van der Waals surface area contributed by atoms with Gasteiger partial charge in [0.25, 0.3) is 0 Å². The summed E-state index contributed by atoms with van der Waals surface area (Å²) in [4.78, 5) is 22.0. The predicted molar refractivity (Wildman–Crippen MR) is 68.1 cm³/mol. The molecule has 2 heterocycles. The molecule has 0 N–H and O–H groups in total. The lowest BCUT2D eigenvalue weighted by atomic mass is 10.1. The third-order valence-electron chi connectivity index (χ3n) is 2.91. The minimum atomic E-state index is -0.259. The van der Waals surface area contributed by atoms with E-state index in [9.17, 15) is 4.79 Å². The van der Waals surface area contributed by atoms with Gasteiger partial charge in [-0.15, -0.1) is 0 Å². The number of hydrogen-bond acceptors (Lipinski definition) is 4. The molecular formula is C13H19N4O2+. The highest BCUT2D eigenvalue weighted by molar-refractivity contribution is 5.69. The van der Waals surface area contributed by atoms with E-state index in [0.717, 1.165) is 18.4 Å². The van der Waals surface area contributed by atoms with Gasteiger partial charge >= 0.3 is 5.97 Å². The molecule has 0 saturated heterocycles. The zero-order valence-corrected chi connectivity index (χ0v) is 11.2. The molecule has 0 fully saturated rings. The van der Waals surface area contributed by atoms with Crippen LogP contribution in [-0.4, -0.2) is 21.0 Å². The first-order chi connectivity index (χ1) is 9.31. The molecule has 0 aliphatic carbocycles. The van der Waals surface area contributed by atoms with E-state index in [1.165, 1.54) is 24.2 Å². The van der Waals surface area contributed by atoms with Gasteiger partial charge in [0.05, 0.1) is 17.5 Å². The lowest BCUT2D eigenvalue weighted by Gasteiger charge is -1.99. The fourth-order valence-corrected chi connectivity index (χ4v) is 1.86. The van der Waals surface area contributed by atoms with Gasteiger partial charge in [0.1, 0.15) is 6.20 Å². The Morgan fingerprint density at radius 1 is 1.32 bits per heavy atom. The number of carbonyl (C=O) groups is 1. The summed E-state index contributed by atoms with van der Waals surface area (Å²) in [6.07, 6.45) is 12.5. The normalized spacial score (nSPS) is 10.8. The summed E-state index contributed by atoms with van der Waals surface area (Å²) < 4.78 is 1.63. The Kier molecular flexibility index (Phi) is 4.83.